The molecule has 7 nitrogen and oxygen atoms in total. The van der Waals surface area contributed by atoms with Gasteiger partial charge >= 0.3 is 12.1 Å². The van der Waals surface area contributed by atoms with E-state index in [0.29, 0.717) is 32.3 Å². The molecule has 5 rings (SSSR count). The van der Waals surface area contributed by atoms with Gasteiger partial charge in [-0.05, 0) is 36.8 Å². The van der Waals surface area contributed by atoms with Crippen LogP contribution in [0.25, 0.3) is 0 Å². The lowest BCUT2D eigenvalue weighted by atomic mass is 9.78. The maximum Gasteiger partial charge on any atom is 0.330 e. The SMILES string of the molecule is CN1C(=O)N2Cc3ccccc3CN3C(=O)N(C=O)[C@]14CCCC[C@@]234. The van der Waals surface area contributed by atoms with Crippen molar-refractivity contribution in [3.05, 3.63) is 35.4 Å². The van der Waals surface area contributed by atoms with E-state index in [1.807, 2.05) is 29.2 Å². The van der Waals surface area contributed by atoms with Crippen LogP contribution < -0.4 is 0 Å². The van der Waals surface area contributed by atoms with Gasteiger partial charge in [-0.2, -0.15) is 0 Å². The normalized spacial score (nSPS) is 33.2. The van der Waals surface area contributed by atoms with Gasteiger partial charge in [-0.1, -0.05) is 24.3 Å². The van der Waals surface area contributed by atoms with E-state index in [0.717, 1.165) is 24.0 Å². The molecule has 4 aliphatic rings. The minimum atomic E-state index is -0.900. The number of hydrogen-bond donors (Lipinski definition) is 0. The first kappa shape index (κ1) is 14.7. The molecule has 0 N–H and O–H groups in total. The van der Waals surface area contributed by atoms with Gasteiger partial charge in [-0.3, -0.25) is 19.5 Å². The molecule has 5 amide bonds. The van der Waals surface area contributed by atoms with Crippen LogP contribution in [-0.4, -0.2) is 56.4 Å². The highest BCUT2D eigenvalue weighted by molar-refractivity contribution is 5.94. The van der Waals surface area contributed by atoms with Gasteiger partial charge in [0.1, 0.15) is 0 Å². The number of rotatable bonds is 1. The van der Waals surface area contributed by atoms with Gasteiger partial charge in [0.25, 0.3) is 0 Å². The number of likely N-dealkylation sites (N-methyl/N-ethyl adjacent to an activating group) is 1. The summed E-state index contributed by atoms with van der Waals surface area (Å²) < 4.78 is 0. The molecule has 3 aliphatic heterocycles. The van der Waals surface area contributed by atoms with Crippen LogP contribution in [0.5, 0.6) is 0 Å². The molecule has 1 saturated carbocycles. The smallest absolute Gasteiger partial charge is 0.300 e. The van der Waals surface area contributed by atoms with Crippen molar-refractivity contribution in [2.75, 3.05) is 7.05 Å². The number of amides is 5. The molecule has 1 aliphatic carbocycles. The first-order valence-electron chi connectivity index (χ1n) is 8.76. The molecule has 7 heteroatoms. The summed E-state index contributed by atoms with van der Waals surface area (Å²) >= 11 is 0. The van der Waals surface area contributed by atoms with E-state index >= 15 is 0 Å². The lowest BCUT2D eigenvalue weighted by Crippen LogP contribution is -2.68. The molecule has 25 heavy (non-hydrogen) atoms. The summed E-state index contributed by atoms with van der Waals surface area (Å²) in [6, 6.07) is 7.54. The topological polar surface area (TPSA) is 64.2 Å². The third-order valence-electron chi connectivity index (χ3n) is 6.62. The second kappa shape index (κ2) is 4.53. The van der Waals surface area contributed by atoms with Crippen LogP contribution >= 0.6 is 0 Å². The molecule has 1 spiro atoms. The Kier molecular flexibility index (Phi) is 2.67. The molecule has 3 fully saturated rings. The van der Waals surface area contributed by atoms with E-state index in [9.17, 15) is 14.4 Å². The van der Waals surface area contributed by atoms with Gasteiger partial charge in [0.2, 0.25) is 6.41 Å². The van der Waals surface area contributed by atoms with Crippen LogP contribution in [0.1, 0.15) is 36.8 Å². The maximum atomic E-state index is 13.2. The fraction of sp³-hybridized carbons (Fsp3) is 0.500. The van der Waals surface area contributed by atoms with Crippen LogP contribution in [0.15, 0.2) is 24.3 Å². The average molecular weight is 340 g/mol. The molecule has 1 aromatic rings. The lowest BCUT2D eigenvalue weighted by Gasteiger charge is -2.50. The summed E-state index contributed by atoms with van der Waals surface area (Å²) in [6.07, 6.45) is 3.78. The fourth-order valence-corrected chi connectivity index (χ4v) is 5.58. The Bertz CT molecular complexity index is 811. The van der Waals surface area contributed by atoms with E-state index < -0.39 is 11.3 Å². The van der Waals surface area contributed by atoms with Crippen molar-refractivity contribution in [1.82, 2.24) is 19.6 Å². The fourth-order valence-electron chi connectivity index (χ4n) is 5.58. The number of urea groups is 2. The van der Waals surface area contributed by atoms with E-state index in [2.05, 4.69) is 0 Å². The standard InChI is InChI=1S/C18H20N4O3/c1-19-15(24)20-10-13-6-2-3-7-14(13)11-21-16(25)22(12-23)17(19)8-4-5-9-18(17,20)21/h2-3,6-7,12H,4-5,8-11H2,1H3/t17-,18+/m0/s1. The Balaban J connectivity index is 1.80. The van der Waals surface area contributed by atoms with Crippen molar-refractivity contribution in [3.8, 4) is 0 Å². The minimum Gasteiger partial charge on any atom is -0.300 e. The molecule has 0 bridgehead atoms. The molecular formula is C18H20N4O3. The van der Waals surface area contributed by atoms with Crippen LogP contribution in [0.3, 0.4) is 0 Å². The molecule has 0 radical (unpaired) electrons. The van der Waals surface area contributed by atoms with E-state index in [-0.39, 0.29) is 12.1 Å². The highest BCUT2D eigenvalue weighted by Crippen LogP contribution is 2.59. The van der Waals surface area contributed by atoms with Gasteiger partial charge < -0.3 is 0 Å². The predicted octanol–water partition coefficient (Wildman–Crippen LogP) is 1.93. The number of carbonyl (C=O) groups excluding carboxylic acids is 3. The zero-order valence-electron chi connectivity index (χ0n) is 14.1. The second-order valence-electron chi connectivity index (χ2n) is 7.38. The number of imide groups is 1. The van der Waals surface area contributed by atoms with E-state index in [1.165, 1.54) is 4.90 Å². The Morgan fingerprint density at radius 3 is 2.08 bits per heavy atom. The van der Waals surface area contributed by atoms with E-state index in [4.69, 9.17) is 0 Å². The number of benzene rings is 1. The van der Waals surface area contributed by atoms with Crippen LogP contribution in [0.2, 0.25) is 0 Å². The monoisotopic (exact) mass is 340 g/mol. The Labute approximate surface area is 145 Å². The zero-order chi connectivity index (χ0) is 17.4. The summed E-state index contributed by atoms with van der Waals surface area (Å²) in [5.41, 5.74) is 0.444. The maximum absolute atomic E-state index is 13.2. The number of fused-ring (bicyclic) bond motifs is 1. The Morgan fingerprint density at radius 1 is 0.920 bits per heavy atom. The van der Waals surface area contributed by atoms with Crippen molar-refractivity contribution < 1.29 is 14.4 Å². The van der Waals surface area contributed by atoms with Crippen molar-refractivity contribution >= 4 is 18.5 Å². The van der Waals surface area contributed by atoms with Gasteiger partial charge in [0.15, 0.2) is 11.3 Å². The first-order chi connectivity index (χ1) is 12.1. The Hall–Kier alpha value is -2.57. The van der Waals surface area contributed by atoms with Crippen molar-refractivity contribution in [2.24, 2.45) is 0 Å². The van der Waals surface area contributed by atoms with Gasteiger partial charge in [-0.15, -0.1) is 0 Å². The summed E-state index contributed by atoms with van der Waals surface area (Å²) in [5, 5.41) is 0. The van der Waals surface area contributed by atoms with Gasteiger partial charge in [0.05, 0.1) is 13.1 Å². The molecular weight excluding hydrogens is 320 g/mol. The summed E-state index contributed by atoms with van der Waals surface area (Å²) in [4.78, 5) is 44.8. The molecule has 130 valence electrons. The second-order valence-corrected chi connectivity index (χ2v) is 7.38. The summed E-state index contributed by atoms with van der Waals surface area (Å²) in [7, 11) is 1.73. The number of carbonyl (C=O) groups is 3. The largest absolute Gasteiger partial charge is 0.330 e. The van der Waals surface area contributed by atoms with Gasteiger partial charge in [0, 0.05) is 7.05 Å². The van der Waals surface area contributed by atoms with Crippen molar-refractivity contribution in [2.45, 2.75) is 50.1 Å². The lowest BCUT2D eigenvalue weighted by molar-refractivity contribution is -0.132. The number of hydrogen-bond acceptors (Lipinski definition) is 3. The predicted molar refractivity (Wildman–Crippen MR) is 87.9 cm³/mol. The molecule has 0 unspecified atom stereocenters. The zero-order valence-corrected chi connectivity index (χ0v) is 14.1. The molecule has 3 heterocycles. The molecule has 0 aromatic heterocycles. The minimum absolute atomic E-state index is 0.108. The third kappa shape index (κ3) is 1.38. The van der Waals surface area contributed by atoms with Crippen LogP contribution in [0.4, 0.5) is 9.59 Å². The summed E-state index contributed by atoms with van der Waals surface area (Å²) in [6.45, 7) is 0.899. The van der Waals surface area contributed by atoms with Crippen LogP contribution in [0, 0.1) is 0 Å². The molecule has 1 aromatic carbocycles. The molecule has 2 atom stereocenters. The quantitative estimate of drug-likeness (QED) is 0.734. The van der Waals surface area contributed by atoms with Crippen molar-refractivity contribution in [3.63, 3.8) is 0 Å². The Morgan fingerprint density at radius 2 is 1.48 bits per heavy atom. The summed E-state index contributed by atoms with van der Waals surface area (Å²) in [5.74, 6) is 0. The average Bonchev–Trinajstić information content (AvgIpc) is 2.87. The highest BCUT2D eigenvalue weighted by Gasteiger charge is 2.78. The van der Waals surface area contributed by atoms with E-state index in [1.54, 1.807) is 16.8 Å². The molecule has 2 saturated heterocycles. The highest BCUT2D eigenvalue weighted by atomic mass is 16.2. The third-order valence-corrected chi connectivity index (χ3v) is 6.62. The first-order valence-corrected chi connectivity index (χ1v) is 8.76. The van der Waals surface area contributed by atoms with Crippen molar-refractivity contribution in [1.29, 1.82) is 0 Å². The number of nitrogens with zero attached hydrogens (tertiary/aromatic N) is 4. The van der Waals surface area contributed by atoms with Gasteiger partial charge in [-0.25, -0.2) is 14.5 Å². The van der Waals surface area contributed by atoms with Crippen LogP contribution in [-0.2, 0) is 17.9 Å².